The zero-order valence-electron chi connectivity index (χ0n) is 17.7. The molecular weight excluding hydrogens is 449 g/mol. The smallest absolute Gasteiger partial charge is 0.433 e. The summed E-state index contributed by atoms with van der Waals surface area (Å²) in [5, 5.41) is 26.3. The summed E-state index contributed by atoms with van der Waals surface area (Å²) in [6.07, 6.45) is -4.29. The Hall–Kier alpha value is -3.42. The van der Waals surface area contributed by atoms with Gasteiger partial charge in [0.2, 0.25) is 5.95 Å². The van der Waals surface area contributed by atoms with Crippen molar-refractivity contribution in [3.05, 3.63) is 35.5 Å². The molecule has 0 bridgehead atoms. The number of carboxylic acid groups (broad SMARTS) is 1. The third-order valence-electron chi connectivity index (χ3n) is 5.39. The lowest BCUT2D eigenvalue weighted by molar-refractivity contribution is -0.141. The molecule has 14 heteroatoms. The number of rotatable bonds is 7. The lowest BCUT2D eigenvalue weighted by atomic mass is 9.88. The van der Waals surface area contributed by atoms with E-state index in [1.165, 1.54) is 13.1 Å². The van der Waals surface area contributed by atoms with E-state index in [0.29, 0.717) is 0 Å². The number of hydrogen-bond donors (Lipinski definition) is 3. The highest BCUT2D eigenvalue weighted by molar-refractivity contribution is 5.91. The molecule has 180 valence electrons. The second kappa shape index (κ2) is 9.60. The number of hydrogen-bond acceptors (Lipinski definition) is 8. The summed E-state index contributed by atoms with van der Waals surface area (Å²) in [4.78, 5) is 33.2. The Labute approximate surface area is 186 Å². The molecule has 2 aromatic rings. The Balaban J connectivity index is 1.57. The largest absolute Gasteiger partial charge is 0.465 e. The van der Waals surface area contributed by atoms with Crippen molar-refractivity contribution in [3.8, 4) is 0 Å². The number of anilines is 1. The molecule has 0 spiro atoms. The predicted octanol–water partition coefficient (Wildman–Crippen LogP) is 1.74. The lowest BCUT2D eigenvalue weighted by Gasteiger charge is -2.39. The van der Waals surface area contributed by atoms with Crippen molar-refractivity contribution in [2.45, 2.75) is 37.6 Å². The van der Waals surface area contributed by atoms with Gasteiger partial charge in [0, 0.05) is 38.9 Å². The molecule has 1 fully saturated rings. The summed E-state index contributed by atoms with van der Waals surface area (Å²) in [5.74, 6) is -0.381. The molecule has 3 rings (SSSR count). The van der Waals surface area contributed by atoms with Crippen LogP contribution in [0.2, 0.25) is 0 Å². The average Bonchev–Trinajstić information content (AvgIpc) is 3.24. The van der Waals surface area contributed by atoms with Gasteiger partial charge in [-0.15, -0.1) is 0 Å². The molecular formula is C19H23F3N6O5. The minimum atomic E-state index is -4.58. The number of alkyl halides is 3. The van der Waals surface area contributed by atoms with E-state index >= 15 is 0 Å². The second-order valence-electron chi connectivity index (χ2n) is 7.66. The van der Waals surface area contributed by atoms with Gasteiger partial charge in [-0.05, 0) is 25.3 Å². The zero-order valence-corrected chi connectivity index (χ0v) is 17.7. The summed E-state index contributed by atoms with van der Waals surface area (Å²) in [7, 11) is 1.42. The highest BCUT2D eigenvalue weighted by atomic mass is 19.4. The fourth-order valence-corrected chi connectivity index (χ4v) is 3.43. The number of amides is 2. The molecule has 1 aliphatic rings. The third kappa shape index (κ3) is 6.09. The molecule has 2 aromatic heterocycles. The van der Waals surface area contributed by atoms with Crippen molar-refractivity contribution in [2.75, 3.05) is 31.6 Å². The molecule has 0 radical (unpaired) electrons. The third-order valence-corrected chi connectivity index (χ3v) is 5.39. The van der Waals surface area contributed by atoms with Gasteiger partial charge in [-0.2, -0.15) is 13.2 Å². The van der Waals surface area contributed by atoms with E-state index < -0.39 is 29.5 Å². The molecule has 0 unspecified atom stereocenters. The van der Waals surface area contributed by atoms with Crippen molar-refractivity contribution >= 4 is 17.9 Å². The number of carbonyl (C=O) groups excluding carboxylic acids is 1. The van der Waals surface area contributed by atoms with Gasteiger partial charge in [0.05, 0.1) is 12.1 Å². The van der Waals surface area contributed by atoms with Crippen LogP contribution < -0.4 is 10.2 Å². The van der Waals surface area contributed by atoms with Crippen molar-refractivity contribution in [1.29, 1.82) is 0 Å². The van der Waals surface area contributed by atoms with Crippen LogP contribution in [0.25, 0.3) is 0 Å². The van der Waals surface area contributed by atoms with Gasteiger partial charge < -0.3 is 29.9 Å². The van der Waals surface area contributed by atoms with Gasteiger partial charge in [-0.3, -0.25) is 4.79 Å². The Morgan fingerprint density at radius 3 is 2.64 bits per heavy atom. The van der Waals surface area contributed by atoms with Crippen LogP contribution in [-0.4, -0.2) is 74.5 Å². The average molecular weight is 472 g/mol. The normalized spacial score (nSPS) is 15.8. The maximum atomic E-state index is 12.9. The summed E-state index contributed by atoms with van der Waals surface area (Å²) in [5.41, 5.74) is -2.24. The number of halogens is 3. The molecule has 0 aliphatic carbocycles. The van der Waals surface area contributed by atoms with Gasteiger partial charge in [0.25, 0.3) is 5.91 Å². The number of aromatic nitrogens is 3. The fourth-order valence-electron chi connectivity index (χ4n) is 3.43. The van der Waals surface area contributed by atoms with Gasteiger partial charge in [-0.1, -0.05) is 5.16 Å². The van der Waals surface area contributed by atoms with Crippen LogP contribution in [0, 0.1) is 0 Å². The van der Waals surface area contributed by atoms with Gasteiger partial charge in [-0.25, -0.2) is 14.8 Å². The van der Waals surface area contributed by atoms with Crippen LogP contribution in [0.4, 0.5) is 23.9 Å². The Kier molecular flexibility index (Phi) is 7.05. The zero-order chi connectivity index (χ0) is 24.2. The first-order valence-corrected chi connectivity index (χ1v) is 10.0. The molecule has 2 amide bonds. The molecule has 11 nitrogen and oxygen atoms in total. The fraction of sp³-hybridized carbons (Fsp3) is 0.526. The minimum absolute atomic E-state index is 0.0145. The number of carbonyl (C=O) groups is 2. The highest BCUT2D eigenvalue weighted by Gasteiger charge is 2.36. The van der Waals surface area contributed by atoms with Crippen LogP contribution in [0.3, 0.4) is 0 Å². The molecule has 0 saturated carbocycles. The van der Waals surface area contributed by atoms with Crippen LogP contribution in [0.1, 0.15) is 41.2 Å². The highest BCUT2D eigenvalue weighted by Crippen LogP contribution is 2.31. The molecule has 1 aliphatic heterocycles. The maximum Gasteiger partial charge on any atom is 0.433 e. The van der Waals surface area contributed by atoms with Crippen LogP contribution >= 0.6 is 0 Å². The summed E-state index contributed by atoms with van der Waals surface area (Å²) in [6.45, 7) is 0.229. The van der Waals surface area contributed by atoms with Gasteiger partial charge in [0.15, 0.2) is 11.5 Å². The van der Waals surface area contributed by atoms with E-state index in [9.17, 15) is 33.0 Å². The summed E-state index contributed by atoms with van der Waals surface area (Å²) < 4.78 is 43.7. The number of aliphatic hydroxyl groups is 1. The molecule has 0 atom stereocenters. The van der Waals surface area contributed by atoms with Crippen molar-refractivity contribution in [2.24, 2.45) is 0 Å². The van der Waals surface area contributed by atoms with Crippen molar-refractivity contribution < 1.29 is 37.5 Å². The molecule has 3 heterocycles. The Morgan fingerprint density at radius 2 is 2.03 bits per heavy atom. The van der Waals surface area contributed by atoms with Crippen molar-refractivity contribution in [1.82, 2.24) is 25.3 Å². The Morgan fingerprint density at radius 1 is 1.33 bits per heavy atom. The van der Waals surface area contributed by atoms with E-state index in [2.05, 4.69) is 20.4 Å². The first kappa shape index (κ1) is 24.2. The quantitative estimate of drug-likeness (QED) is 0.549. The molecule has 33 heavy (non-hydrogen) atoms. The molecule has 1 saturated heterocycles. The van der Waals surface area contributed by atoms with E-state index in [4.69, 9.17) is 4.52 Å². The summed E-state index contributed by atoms with van der Waals surface area (Å²) in [6, 6.07) is 2.12. The van der Waals surface area contributed by atoms with Crippen LogP contribution in [-0.2, 0) is 12.7 Å². The minimum Gasteiger partial charge on any atom is -0.465 e. The number of nitrogens with zero attached hydrogens (tertiary/aromatic N) is 5. The van der Waals surface area contributed by atoms with Gasteiger partial charge >= 0.3 is 12.3 Å². The van der Waals surface area contributed by atoms with E-state index in [-0.39, 0.29) is 62.8 Å². The van der Waals surface area contributed by atoms with Crippen molar-refractivity contribution in [3.63, 3.8) is 0 Å². The predicted molar refractivity (Wildman–Crippen MR) is 106 cm³/mol. The van der Waals surface area contributed by atoms with Gasteiger partial charge in [0.1, 0.15) is 5.69 Å². The summed E-state index contributed by atoms with van der Waals surface area (Å²) >= 11 is 0. The lowest BCUT2D eigenvalue weighted by Crippen LogP contribution is -2.47. The first-order valence-electron chi connectivity index (χ1n) is 10.0. The molecule has 0 aromatic carbocycles. The van der Waals surface area contributed by atoms with E-state index in [0.717, 1.165) is 17.2 Å². The van der Waals surface area contributed by atoms with E-state index in [1.807, 2.05) is 0 Å². The maximum absolute atomic E-state index is 12.9. The first-order chi connectivity index (χ1) is 15.5. The number of nitrogens with one attached hydrogen (secondary N) is 1. The van der Waals surface area contributed by atoms with E-state index in [1.54, 1.807) is 4.90 Å². The SMILES string of the molecule is CNC(=O)c1cc(CN(CCC2(O)CCN(c3nccc(C(F)(F)F)n3)CC2)C(=O)O)on1. The monoisotopic (exact) mass is 472 g/mol. The molecule has 3 N–H and O–H groups in total. The second-order valence-corrected chi connectivity index (χ2v) is 7.66. The van der Waals surface area contributed by atoms with Crippen LogP contribution in [0.15, 0.2) is 22.9 Å². The topological polar surface area (TPSA) is 145 Å². The standard InChI is InChI=1S/C19H23F3N6O5/c1-23-15(29)13-10-12(33-26-13)11-28(17(30)31)9-5-18(32)3-7-27(8-4-18)16-24-6-2-14(25-16)19(20,21)22/h2,6,10,32H,3-5,7-9,11H2,1H3,(H,23,29)(H,30,31). The number of piperidine rings is 1. The Bertz CT molecular complexity index is 990. The van der Waals surface area contributed by atoms with Crippen LogP contribution in [0.5, 0.6) is 0 Å².